The summed E-state index contributed by atoms with van der Waals surface area (Å²) < 4.78 is 0. The molecule has 108 valence electrons. The molecule has 20 heavy (non-hydrogen) atoms. The summed E-state index contributed by atoms with van der Waals surface area (Å²) in [6, 6.07) is 5.96. The highest BCUT2D eigenvalue weighted by Crippen LogP contribution is 2.30. The molecule has 0 saturated carbocycles. The lowest BCUT2D eigenvalue weighted by molar-refractivity contribution is -0.121. The van der Waals surface area contributed by atoms with Gasteiger partial charge in [0.25, 0.3) is 0 Å². The van der Waals surface area contributed by atoms with Gasteiger partial charge >= 0.3 is 5.97 Å². The molecule has 0 aromatic heterocycles. The van der Waals surface area contributed by atoms with Crippen molar-refractivity contribution in [1.82, 2.24) is 5.32 Å². The van der Waals surface area contributed by atoms with E-state index in [1.807, 2.05) is 0 Å². The van der Waals surface area contributed by atoms with Crippen LogP contribution in [0.25, 0.3) is 0 Å². The number of piperidine rings is 1. The van der Waals surface area contributed by atoms with Crippen molar-refractivity contribution >= 4 is 17.6 Å². The number of carboxylic acid groups (broad SMARTS) is 1. The van der Waals surface area contributed by atoms with Gasteiger partial charge in [0, 0.05) is 5.69 Å². The van der Waals surface area contributed by atoms with Gasteiger partial charge in [-0.25, -0.2) is 4.79 Å². The number of rotatable bonds is 3. The highest BCUT2D eigenvalue weighted by Gasteiger charge is 2.36. The monoisotopic (exact) mass is 276 g/mol. The molecule has 3 N–H and O–H groups in total. The van der Waals surface area contributed by atoms with Gasteiger partial charge in [-0.15, -0.1) is 0 Å². The lowest BCUT2D eigenvalue weighted by Gasteiger charge is -2.38. The van der Waals surface area contributed by atoms with Crippen molar-refractivity contribution in [2.45, 2.75) is 32.7 Å². The number of hydrogen-bond donors (Lipinski definition) is 3. The molecule has 1 atom stereocenters. The standard InChI is InChI=1S/C15H20N2O3/c1-15(2)8-3-9-16-12(15)13(18)17-11-6-4-10(5-7-11)14(19)20/h4-7,12,16H,3,8-9H2,1-2H3,(H,17,18)(H,19,20). The smallest absolute Gasteiger partial charge is 0.335 e. The van der Waals surface area contributed by atoms with E-state index in [1.165, 1.54) is 12.1 Å². The Hall–Kier alpha value is -1.88. The van der Waals surface area contributed by atoms with E-state index in [9.17, 15) is 9.59 Å². The number of nitrogens with one attached hydrogen (secondary N) is 2. The van der Waals surface area contributed by atoms with Crippen LogP contribution < -0.4 is 10.6 Å². The molecule has 1 aliphatic heterocycles. The summed E-state index contributed by atoms with van der Waals surface area (Å²) in [6.45, 7) is 5.01. The molecule has 0 radical (unpaired) electrons. The second-order valence-electron chi connectivity index (χ2n) is 5.85. The lowest BCUT2D eigenvalue weighted by Crippen LogP contribution is -2.53. The second kappa shape index (κ2) is 5.63. The minimum absolute atomic E-state index is 0.0715. The fraction of sp³-hybridized carbons (Fsp3) is 0.467. The lowest BCUT2D eigenvalue weighted by atomic mass is 9.77. The van der Waals surface area contributed by atoms with E-state index in [4.69, 9.17) is 5.11 Å². The number of amides is 1. The number of carboxylic acids is 1. The zero-order valence-electron chi connectivity index (χ0n) is 11.8. The summed E-state index contributed by atoms with van der Waals surface area (Å²) in [6.07, 6.45) is 2.08. The first kappa shape index (κ1) is 14.5. The molecule has 2 rings (SSSR count). The van der Waals surface area contributed by atoms with Gasteiger partial charge < -0.3 is 15.7 Å². The van der Waals surface area contributed by atoms with E-state index >= 15 is 0 Å². The van der Waals surface area contributed by atoms with Gasteiger partial charge in [0.2, 0.25) is 5.91 Å². The van der Waals surface area contributed by atoms with E-state index in [0.29, 0.717) is 5.69 Å². The van der Waals surface area contributed by atoms with Gasteiger partial charge in [0.1, 0.15) is 0 Å². The van der Waals surface area contributed by atoms with Crippen molar-refractivity contribution in [3.05, 3.63) is 29.8 Å². The Labute approximate surface area is 118 Å². The first-order valence-electron chi connectivity index (χ1n) is 6.78. The van der Waals surface area contributed by atoms with Crippen molar-refractivity contribution in [3.8, 4) is 0 Å². The molecule has 1 fully saturated rings. The molecule has 0 spiro atoms. The molecule has 5 heteroatoms. The molecule has 0 aliphatic carbocycles. The predicted octanol–water partition coefficient (Wildman–Crippen LogP) is 2.10. The molecule has 1 aromatic rings. The summed E-state index contributed by atoms with van der Waals surface area (Å²) in [4.78, 5) is 23.1. The third-order valence-electron chi connectivity index (χ3n) is 3.79. The Balaban J connectivity index is 2.05. The fourth-order valence-corrected chi connectivity index (χ4v) is 2.57. The van der Waals surface area contributed by atoms with Crippen LogP contribution in [0, 0.1) is 5.41 Å². The van der Waals surface area contributed by atoms with Gasteiger partial charge in [-0.3, -0.25) is 4.79 Å². The van der Waals surface area contributed by atoms with Crippen LogP contribution in [0.15, 0.2) is 24.3 Å². The van der Waals surface area contributed by atoms with Crippen LogP contribution in [0.5, 0.6) is 0 Å². The second-order valence-corrected chi connectivity index (χ2v) is 5.85. The number of hydrogen-bond acceptors (Lipinski definition) is 3. The topological polar surface area (TPSA) is 78.4 Å². The zero-order chi connectivity index (χ0) is 14.8. The molecule has 1 unspecified atom stereocenters. The fourth-order valence-electron chi connectivity index (χ4n) is 2.57. The van der Waals surface area contributed by atoms with Gasteiger partial charge in [0.15, 0.2) is 0 Å². The van der Waals surface area contributed by atoms with Crippen LogP contribution in [-0.2, 0) is 4.79 Å². The number of carbonyl (C=O) groups excluding carboxylic acids is 1. The minimum Gasteiger partial charge on any atom is -0.478 e. The molecule has 0 bridgehead atoms. The SMILES string of the molecule is CC1(C)CCCNC1C(=O)Nc1ccc(C(=O)O)cc1. The number of aromatic carboxylic acids is 1. The predicted molar refractivity (Wildman–Crippen MR) is 76.8 cm³/mol. The van der Waals surface area contributed by atoms with Crippen LogP contribution in [0.1, 0.15) is 37.0 Å². The van der Waals surface area contributed by atoms with E-state index in [2.05, 4.69) is 24.5 Å². The van der Waals surface area contributed by atoms with Crippen molar-refractivity contribution in [2.75, 3.05) is 11.9 Å². The summed E-state index contributed by atoms with van der Waals surface area (Å²) in [5.41, 5.74) is 0.742. The quantitative estimate of drug-likeness (QED) is 0.790. The number of benzene rings is 1. The Morgan fingerprint density at radius 2 is 1.95 bits per heavy atom. The minimum atomic E-state index is -0.974. The van der Waals surface area contributed by atoms with Crippen molar-refractivity contribution in [3.63, 3.8) is 0 Å². The Kier molecular flexibility index (Phi) is 4.09. The molecule has 1 aromatic carbocycles. The normalized spacial score (nSPS) is 21.2. The maximum Gasteiger partial charge on any atom is 0.335 e. The Bertz CT molecular complexity index is 508. The van der Waals surface area contributed by atoms with Gasteiger partial charge in [-0.1, -0.05) is 13.8 Å². The van der Waals surface area contributed by atoms with Crippen molar-refractivity contribution in [1.29, 1.82) is 0 Å². The van der Waals surface area contributed by atoms with E-state index < -0.39 is 5.97 Å². The Morgan fingerprint density at radius 3 is 2.50 bits per heavy atom. The van der Waals surface area contributed by atoms with Gasteiger partial charge in [-0.2, -0.15) is 0 Å². The average Bonchev–Trinajstić information content (AvgIpc) is 2.38. The number of carbonyl (C=O) groups is 2. The number of anilines is 1. The van der Waals surface area contributed by atoms with E-state index in [-0.39, 0.29) is 22.9 Å². The molecular formula is C15H20N2O3. The Morgan fingerprint density at radius 1 is 1.30 bits per heavy atom. The first-order valence-corrected chi connectivity index (χ1v) is 6.78. The molecule has 1 saturated heterocycles. The highest BCUT2D eigenvalue weighted by atomic mass is 16.4. The average molecular weight is 276 g/mol. The van der Waals surface area contributed by atoms with E-state index in [0.717, 1.165) is 19.4 Å². The zero-order valence-corrected chi connectivity index (χ0v) is 11.8. The summed E-state index contributed by atoms with van der Waals surface area (Å²) >= 11 is 0. The molecular weight excluding hydrogens is 256 g/mol. The molecule has 1 heterocycles. The van der Waals surface area contributed by atoms with Crippen LogP contribution in [0.4, 0.5) is 5.69 Å². The van der Waals surface area contributed by atoms with Crippen LogP contribution in [0.3, 0.4) is 0 Å². The van der Waals surface area contributed by atoms with Crippen molar-refractivity contribution in [2.24, 2.45) is 5.41 Å². The van der Waals surface area contributed by atoms with Crippen LogP contribution >= 0.6 is 0 Å². The molecule has 5 nitrogen and oxygen atoms in total. The van der Waals surface area contributed by atoms with Crippen LogP contribution in [-0.4, -0.2) is 29.6 Å². The van der Waals surface area contributed by atoms with Gasteiger partial charge in [-0.05, 0) is 49.1 Å². The highest BCUT2D eigenvalue weighted by molar-refractivity contribution is 5.96. The first-order chi connectivity index (χ1) is 9.40. The third-order valence-corrected chi connectivity index (χ3v) is 3.79. The van der Waals surface area contributed by atoms with Crippen LogP contribution in [0.2, 0.25) is 0 Å². The summed E-state index contributed by atoms with van der Waals surface area (Å²) in [5, 5.41) is 14.9. The van der Waals surface area contributed by atoms with Gasteiger partial charge in [0.05, 0.1) is 11.6 Å². The summed E-state index contributed by atoms with van der Waals surface area (Å²) in [5.74, 6) is -1.05. The van der Waals surface area contributed by atoms with Crippen molar-refractivity contribution < 1.29 is 14.7 Å². The molecule has 1 amide bonds. The third kappa shape index (κ3) is 3.17. The maximum atomic E-state index is 12.3. The molecule has 1 aliphatic rings. The summed E-state index contributed by atoms with van der Waals surface area (Å²) in [7, 11) is 0. The largest absolute Gasteiger partial charge is 0.478 e. The maximum absolute atomic E-state index is 12.3. The van der Waals surface area contributed by atoms with E-state index in [1.54, 1.807) is 12.1 Å².